The lowest BCUT2D eigenvalue weighted by Crippen LogP contribution is -2.04. The standard InChI is InChI=1S/C15H13F2N5O/c16-12-7-11(10-3-1-5-18-9-10)8-13(17)15(12)23-6-2-4-14-19-21-22-20-14/h1,3,5,7-9H,2,4,6H2,(H,19,20,21,22). The van der Waals surface area contributed by atoms with Crippen LogP contribution in [-0.4, -0.2) is 32.2 Å². The first-order valence-electron chi connectivity index (χ1n) is 6.98. The number of benzene rings is 1. The zero-order chi connectivity index (χ0) is 16.1. The first-order chi connectivity index (χ1) is 11.2. The van der Waals surface area contributed by atoms with E-state index in [4.69, 9.17) is 4.74 Å². The van der Waals surface area contributed by atoms with E-state index < -0.39 is 11.6 Å². The van der Waals surface area contributed by atoms with Gasteiger partial charge in [-0.1, -0.05) is 11.3 Å². The van der Waals surface area contributed by atoms with Crippen LogP contribution in [0.2, 0.25) is 0 Å². The average molecular weight is 317 g/mol. The second-order valence-corrected chi connectivity index (χ2v) is 4.79. The van der Waals surface area contributed by atoms with Gasteiger partial charge in [0.25, 0.3) is 0 Å². The number of halogens is 2. The third kappa shape index (κ3) is 3.65. The van der Waals surface area contributed by atoms with Gasteiger partial charge in [0.15, 0.2) is 23.2 Å². The fourth-order valence-electron chi connectivity index (χ4n) is 2.09. The van der Waals surface area contributed by atoms with Crippen molar-refractivity contribution in [2.45, 2.75) is 12.8 Å². The smallest absolute Gasteiger partial charge is 0.190 e. The van der Waals surface area contributed by atoms with Crippen molar-refractivity contribution < 1.29 is 13.5 Å². The van der Waals surface area contributed by atoms with Gasteiger partial charge in [-0.05, 0) is 30.2 Å². The summed E-state index contributed by atoms with van der Waals surface area (Å²) in [5.74, 6) is -1.35. The normalized spacial score (nSPS) is 10.7. The van der Waals surface area contributed by atoms with Gasteiger partial charge in [0.2, 0.25) is 0 Å². The third-order valence-corrected chi connectivity index (χ3v) is 3.17. The highest BCUT2D eigenvalue weighted by Crippen LogP contribution is 2.28. The van der Waals surface area contributed by atoms with Gasteiger partial charge in [-0.3, -0.25) is 4.98 Å². The van der Waals surface area contributed by atoms with E-state index in [-0.39, 0.29) is 12.4 Å². The first kappa shape index (κ1) is 15.0. The van der Waals surface area contributed by atoms with Crippen LogP contribution in [0.25, 0.3) is 11.1 Å². The maximum Gasteiger partial charge on any atom is 0.190 e. The average Bonchev–Trinajstić information content (AvgIpc) is 3.07. The Balaban J connectivity index is 1.66. The minimum absolute atomic E-state index is 0.147. The Bertz CT molecular complexity index is 742. The van der Waals surface area contributed by atoms with E-state index >= 15 is 0 Å². The molecule has 0 aliphatic rings. The van der Waals surface area contributed by atoms with E-state index in [1.54, 1.807) is 24.5 Å². The fourth-order valence-corrected chi connectivity index (χ4v) is 2.09. The topological polar surface area (TPSA) is 76.6 Å². The van der Waals surface area contributed by atoms with Gasteiger partial charge in [-0.25, -0.2) is 8.78 Å². The van der Waals surface area contributed by atoms with Crippen LogP contribution in [0.1, 0.15) is 12.2 Å². The van der Waals surface area contributed by atoms with E-state index in [0.717, 1.165) is 0 Å². The SMILES string of the molecule is Fc1cc(-c2cccnc2)cc(F)c1OCCCc1nn[nH]n1. The molecule has 0 aliphatic heterocycles. The zero-order valence-corrected chi connectivity index (χ0v) is 12.0. The Morgan fingerprint density at radius 2 is 1.96 bits per heavy atom. The Kier molecular flexibility index (Phi) is 4.51. The summed E-state index contributed by atoms with van der Waals surface area (Å²) < 4.78 is 33.3. The van der Waals surface area contributed by atoms with Gasteiger partial charge in [-0.2, -0.15) is 5.21 Å². The highest BCUT2D eigenvalue weighted by Gasteiger charge is 2.14. The van der Waals surface area contributed by atoms with Crippen molar-refractivity contribution >= 4 is 0 Å². The third-order valence-electron chi connectivity index (χ3n) is 3.17. The predicted molar refractivity (Wildman–Crippen MR) is 77.6 cm³/mol. The molecule has 0 saturated heterocycles. The molecule has 0 fully saturated rings. The minimum atomic E-state index is -0.747. The van der Waals surface area contributed by atoms with Gasteiger partial charge in [0, 0.05) is 24.4 Å². The molecule has 0 unspecified atom stereocenters. The summed E-state index contributed by atoms with van der Waals surface area (Å²) in [4.78, 5) is 3.93. The van der Waals surface area contributed by atoms with Gasteiger partial charge >= 0.3 is 0 Å². The summed E-state index contributed by atoms with van der Waals surface area (Å²) in [6.45, 7) is 0.147. The van der Waals surface area contributed by atoms with Gasteiger partial charge in [0.05, 0.1) is 6.61 Å². The second kappa shape index (κ2) is 6.91. The molecule has 3 rings (SSSR count). The summed E-state index contributed by atoms with van der Waals surface area (Å²) in [6, 6.07) is 5.89. The van der Waals surface area contributed by atoms with E-state index in [9.17, 15) is 8.78 Å². The maximum absolute atomic E-state index is 14.1. The molecular weight excluding hydrogens is 304 g/mol. The van der Waals surface area contributed by atoms with Gasteiger partial charge in [-0.15, -0.1) is 10.2 Å². The number of pyridine rings is 1. The van der Waals surface area contributed by atoms with Crippen LogP contribution < -0.4 is 4.74 Å². The summed E-state index contributed by atoms with van der Waals surface area (Å²) in [5.41, 5.74) is 1.04. The van der Waals surface area contributed by atoms with Crippen LogP contribution in [0, 0.1) is 11.6 Å². The van der Waals surface area contributed by atoms with Crippen molar-refractivity contribution in [3.05, 3.63) is 54.1 Å². The van der Waals surface area contributed by atoms with Gasteiger partial charge in [0.1, 0.15) is 0 Å². The Labute approximate surface area is 130 Å². The summed E-state index contributed by atoms with van der Waals surface area (Å²) in [5, 5.41) is 13.3. The van der Waals surface area contributed by atoms with Crippen LogP contribution >= 0.6 is 0 Å². The number of aromatic nitrogens is 5. The lowest BCUT2D eigenvalue weighted by Gasteiger charge is -2.10. The van der Waals surface area contributed by atoms with E-state index in [2.05, 4.69) is 25.6 Å². The van der Waals surface area contributed by atoms with Crippen molar-refractivity contribution in [1.29, 1.82) is 0 Å². The molecule has 1 N–H and O–H groups in total. The maximum atomic E-state index is 14.1. The van der Waals surface area contributed by atoms with Crippen molar-refractivity contribution in [2.24, 2.45) is 0 Å². The van der Waals surface area contributed by atoms with Crippen LogP contribution in [0.4, 0.5) is 8.78 Å². The largest absolute Gasteiger partial charge is 0.488 e. The number of hydrogen-bond donors (Lipinski definition) is 1. The number of rotatable bonds is 6. The van der Waals surface area contributed by atoms with Crippen molar-refractivity contribution in [3.8, 4) is 16.9 Å². The number of tetrazole rings is 1. The monoisotopic (exact) mass is 317 g/mol. The Morgan fingerprint density at radius 3 is 2.61 bits per heavy atom. The van der Waals surface area contributed by atoms with Crippen LogP contribution in [0.15, 0.2) is 36.7 Å². The number of nitrogens with one attached hydrogen (secondary N) is 1. The lowest BCUT2D eigenvalue weighted by atomic mass is 10.1. The van der Waals surface area contributed by atoms with Crippen LogP contribution in [0.3, 0.4) is 0 Å². The molecule has 6 nitrogen and oxygen atoms in total. The minimum Gasteiger partial charge on any atom is -0.488 e. The van der Waals surface area contributed by atoms with E-state index in [0.29, 0.717) is 29.8 Å². The van der Waals surface area contributed by atoms with E-state index in [1.807, 2.05) is 0 Å². The predicted octanol–water partition coefficient (Wildman–Crippen LogP) is 2.55. The molecule has 0 radical (unpaired) electrons. The highest BCUT2D eigenvalue weighted by molar-refractivity contribution is 5.63. The van der Waals surface area contributed by atoms with Crippen molar-refractivity contribution in [3.63, 3.8) is 0 Å². The molecule has 8 heteroatoms. The molecule has 0 spiro atoms. The highest BCUT2D eigenvalue weighted by atomic mass is 19.1. The van der Waals surface area contributed by atoms with Crippen LogP contribution in [-0.2, 0) is 6.42 Å². The Morgan fingerprint density at radius 1 is 1.13 bits per heavy atom. The number of ether oxygens (including phenoxy) is 1. The molecule has 0 atom stereocenters. The molecule has 1 aromatic carbocycles. The summed E-state index contributed by atoms with van der Waals surface area (Å²) in [6.07, 6.45) is 4.16. The molecule has 118 valence electrons. The molecule has 23 heavy (non-hydrogen) atoms. The number of hydrogen-bond acceptors (Lipinski definition) is 5. The summed E-state index contributed by atoms with van der Waals surface area (Å²) in [7, 11) is 0. The van der Waals surface area contributed by atoms with Crippen molar-refractivity contribution in [2.75, 3.05) is 6.61 Å². The number of H-pyrrole nitrogens is 1. The molecule has 0 saturated carbocycles. The molecule has 0 amide bonds. The number of nitrogens with zero attached hydrogens (tertiary/aromatic N) is 4. The number of aryl methyl sites for hydroxylation is 1. The summed E-state index contributed by atoms with van der Waals surface area (Å²) >= 11 is 0. The van der Waals surface area contributed by atoms with Crippen molar-refractivity contribution in [1.82, 2.24) is 25.6 Å². The second-order valence-electron chi connectivity index (χ2n) is 4.79. The quantitative estimate of drug-likeness (QED) is 0.707. The molecule has 0 bridgehead atoms. The molecule has 2 aromatic heterocycles. The zero-order valence-electron chi connectivity index (χ0n) is 12.0. The first-order valence-corrected chi connectivity index (χ1v) is 6.98. The van der Waals surface area contributed by atoms with Gasteiger partial charge < -0.3 is 4.74 Å². The Hall–Kier alpha value is -2.90. The fraction of sp³-hybridized carbons (Fsp3) is 0.200. The molecule has 2 heterocycles. The van der Waals surface area contributed by atoms with Crippen LogP contribution in [0.5, 0.6) is 5.75 Å². The van der Waals surface area contributed by atoms with E-state index in [1.165, 1.54) is 12.1 Å². The molecular formula is C15H13F2N5O. The number of aromatic amines is 1. The lowest BCUT2D eigenvalue weighted by molar-refractivity contribution is 0.279. The molecule has 3 aromatic rings. The molecule has 0 aliphatic carbocycles.